The molecule has 1 saturated carbocycles. The zero-order chi connectivity index (χ0) is 14.1. The van der Waals surface area contributed by atoms with Gasteiger partial charge in [-0.25, -0.2) is 0 Å². The minimum Gasteiger partial charge on any atom is -0.488 e. The van der Waals surface area contributed by atoms with E-state index in [1.54, 1.807) is 0 Å². The second-order valence-electron chi connectivity index (χ2n) is 6.05. The van der Waals surface area contributed by atoms with Gasteiger partial charge in [-0.15, -0.1) is 0 Å². The fraction of sp³-hybridized carbons (Fsp3) is 0.625. The van der Waals surface area contributed by atoms with E-state index in [4.69, 9.17) is 4.74 Å². The zero-order valence-electron chi connectivity index (χ0n) is 11.9. The Morgan fingerprint density at radius 2 is 2.15 bits per heavy atom. The Balaban J connectivity index is 1.59. The SMILES string of the molecule is CN(CC1Cc2cc(Br)ccc2O1)C1CCCCC1O. The monoisotopic (exact) mass is 339 g/mol. The van der Waals surface area contributed by atoms with Crippen LogP contribution < -0.4 is 4.74 Å². The minimum atomic E-state index is -0.174. The second kappa shape index (κ2) is 6.04. The van der Waals surface area contributed by atoms with Gasteiger partial charge < -0.3 is 9.84 Å². The second-order valence-corrected chi connectivity index (χ2v) is 6.97. The molecule has 1 N–H and O–H groups in total. The summed E-state index contributed by atoms with van der Waals surface area (Å²) in [6.45, 7) is 0.883. The van der Waals surface area contributed by atoms with Crippen molar-refractivity contribution >= 4 is 15.9 Å². The number of ether oxygens (including phenoxy) is 1. The smallest absolute Gasteiger partial charge is 0.123 e. The van der Waals surface area contributed by atoms with E-state index in [1.807, 2.05) is 12.1 Å². The molecule has 2 aliphatic rings. The third kappa shape index (κ3) is 3.02. The van der Waals surface area contributed by atoms with Gasteiger partial charge in [0.15, 0.2) is 0 Å². The lowest BCUT2D eigenvalue weighted by molar-refractivity contribution is 0.0182. The van der Waals surface area contributed by atoms with Gasteiger partial charge in [-0.3, -0.25) is 4.90 Å². The highest BCUT2D eigenvalue weighted by Gasteiger charge is 2.30. The van der Waals surface area contributed by atoms with E-state index in [9.17, 15) is 5.11 Å². The maximum Gasteiger partial charge on any atom is 0.123 e. The standard InChI is InChI=1S/C16H22BrNO2/c1-18(14-4-2-3-5-15(14)19)10-13-9-11-8-12(17)6-7-16(11)20-13/h6-8,13-15,19H,2-5,9-10H2,1H3. The number of nitrogens with zero attached hydrogens (tertiary/aromatic N) is 1. The van der Waals surface area contributed by atoms with E-state index in [1.165, 1.54) is 12.0 Å². The predicted octanol–water partition coefficient (Wildman–Crippen LogP) is 2.99. The number of likely N-dealkylation sites (N-methyl/N-ethyl adjacent to an activating group) is 1. The van der Waals surface area contributed by atoms with Gasteiger partial charge in [-0.1, -0.05) is 28.8 Å². The summed E-state index contributed by atoms with van der Waals surface area (Å²) in [5.74, 6) is 1.01. The highest BCUT2D eigenvalue weighted by Crippen LogP contribution is 2.32. The molecule has 0 amide bonds. The predicted molar refractivity (Wildman–Crippen MR) is 83.2 cm³/mol. The van der Waals surface area contributed by atoms with E-state index in [0.29, 0.717) is 6.04 Å². The molecule has 1 aromatic rings. The van der Waals surface area contributed by atoms with Crippen LogP contribution in [0.5, 0.6) is 5.75 Å². The molecule has 1 aliphatic heterocycles. The van der Waals surface area contributed by atoms with Gasteiger partial charge in [0.1, 0.15) is 11.9 Å². The van der Waals surface area contributed by atoms with Crippen molar-refractivity contribution in [2.75, 3.05) is 13.6 Å². The van der Waals surface area contributed by atoms with Crippen LogP contribution >= 0.6 is 15.9 Å². The van der Waals surface area contributed by atoms with Gasteiger partial charge in [0.2, 0.25) is 0 Å². The third-order valence-corrected chi connectivity index (χ3v) is 5.01. The van der Waals surface area contributed by atoms with Crippen LogP contribution in [0.3, 0.4) is 0 Å². The average Bonchev–Trinajstić information content (AvgIpc) is 2.80. The van der Waals surface area contributed by atoms with E-state index in [-0.39, 0.29) is 12.2 Å². The van der Waals surface area contributed by atoms with Gasteiger partial charge in [-0.05, 0) is 43.7 Å². The molecule has 1 aromatic carbocycles. The van der Waals surface area contributed by atoms with Gasteiger partial charge >= 0.3 is 0 Å². The van der Waals surface area contributed by atoms with E-state index < -0.39 is 0 Å². The van der Waals surface area contributed by atoms with Crippen molar-refractivity contribution in [2.24, 2.45) is 0 Å². The highest BCUT2D eigenvalue weighted by atomic mass is 79.9. The maximum absolute atomic E-state index is 10.1. The lowest BCUT2D eigenvalue weighted by Crippen LogP contribution is -2.46. The van der Waals surface area contributed by atoms with Crippen LogP contribution in [-0.2, 0) is 6.42 Å². The molecule has 1 fully saturated rings. The number of rotatable bonds is 3. The summed E-state index contributed by atoms with van der Waals surface area (Å²) in [6, 6.07) is 6.50. The molecule has 3 atom stereocenters. The summed E-state index contributed by atoms with van der Waals surface area (Å²) in [4.78, 5) is 2.29. The van der Waals surface area contributed by atoms with Gasteiger partial charge in [0, 0.05) is 23.5 Å². The molecule has 3 nitrogen and oxygen atoms in total. The van der Waals surface area contributed by atoms with Crippen molar-refractivity contribution in [3.05, 3.63) is 28.2 Å². The van der Waals surface area contributed by atoms with E-state index >= 15 is 0 Å². The van der Waals surface area contributed by atoms with Crippen molar-refractivity contribution in [1.82, 2.24) is 4.90 Å². The first kappa shape index (κ1) is 14.4. The molecule has 0 aromatic heterocycles. The van der Waals surface area contributed by atoms with Gasteiger partial charge in [-0.2, -0.15) is 0 Å². The lowest BCUT2D eigenvalue weighted by Gasteiger charge is -2.36. The number of halogens is 1. The van der Waals surface area contributed by atoms with Crippen LogP contribution in [0, 0.1) is 0 Å². The van der Waals surface area contributed by atoms with Crippen LogP contribution in [0.1, 0.15) is 31.2 Å². The lowest BCUT2D eigenvalue weighted by atomic mass is 9.91. The minimum absolute atomic E-state index is 0.174. The van der Waals surface area contributed by atoms with Crippen LogP contribution in [0.4, 0.5) is 0 Å². The molecule has 4 heteroatoms. The molecule has 0 saturated heterocycles. The summed E-state index contributed by atoms with van der Waals surface area (Å²) in [6.07, 6.45) is 5.42. The van der Waals surface area contributed by atoms with Crippen molar-refractivity contribution in [3.63, 3.8) is 0 Å². The van der Waals surface area contributed by atoms with E-state index in [0.717, 1.165) is 42.5 Å². The first-order valence-electron chi connectivity index (χ1n) is 7.47. The Hall–Kier alpha value is -0.580. The molecule has 0 spiro atoms. The van der Waals surface area contributed by atoms with Crippen LogP contribution in [0.25, 0.3) is 0 Å². The molecule has 3 unspecified atom stereocenters. The van der Waals surface area contributed by atoms with E-state index in [2.05, 4.69) is 33.9 Å². The highest BCUT2D eigenvalue weighted by molar-refractivity contribution is 9.10. The summed E-state index contributed by atoms with van der Waals surface area (Å²) >= 11 is 3.51. The number of hydrogen-bond donors (Lipinski definition) is 1. The van der Waals surface area contributed by atoms with Crippen molar-refractivity contribution in [2.45, 2.75) is 50.4 Å². The number of benzene rings is 1. The number of aliphatic hydroxyl groups is 1. The summed E-state index contributed by atoms with van der Waals surface area (Å²) < 4.78 is 7.12. The number of fused-ring (bicyclic) bond motifs is 1. The third-order valence-electron chi connectivity index (χ3n) is 4.52. The molecule has 1 aliphatic carbocycles. The molecule has 1 heterocycles. The molecule has 3 rings (SSSR count). The van der Waals surface area contributed by atoms with Gasteiger partial charge in [0.25, 0.3) is 0 Å². The Bertz CT molecular complexity index is 480. The Morgan fingerprint density at radius 3 is 2.95 bits per heavy atom. The van der Waals surface area contributed by atoms with Crippen LogP contribution in [0.2, 0.25) is 0 Å². The Morgan fingerprint density at radius 1 is 1.35 bits per heavy atom. The maximum atomic E-state index is 10.1. The topological polar surface area (TPSA) is 32.7 Å². The summed E-state index contributed by atoms with van der Waals surface area (Å²) in [5.41, 5.74) is 1.28. The molecule has 20 heavy (non-hydrogen) atoms. The average molecular weight is 340 g/mol. The van der Waals surface area contributed by atoms with Crippen molar-refractivity contribution < 1.29 is 9.84 Å². The summed E-state index contributed by atoms with van der Waals surface area (Å²) in [7, 11) is 2.11. The van der Waals surface area contributed by atoms with Crippen molar-refractivity contribution in [1.29, 1.82) is 0 Å². The molecule has 0 radical (unpaired) electrons. The van der Waals surface area contributed by atoms with Crippen molar-refractivity contribution in [3.8, 4) is 5.75 Å². The fourth-order valence-corrected chi connectivity index (χ4v) is 3.86. The molecule has 0 bridgehead atoms. The number of hydrogen-bond acceptors (Lipinski definition) is 3. The molecular weight excluding hydrogens is 318 g/mol. The molecule has 110 valence electrons. The molecular formula is C16H22BrNO2. The van der Waals surface area contributed by atoms with Gasteiger partial charge in [0.05, 0.1) is 6.10 Å². The fourth-order valence-electron chi connectivity index (χ4n) is 3.45. The Kier molecular flexibility index (Phi) is 4.34. The summed E-state index contributed by atoms with van der Waals surface area (Å²) in [5, 5.41) is 10.1. The first-order valence-corrected chi connectivity index (χ1v) is 8.26. The van der Waals surface area contributed by atoms with Crippen LogP contribution in [0.15, 0.2) is 22.7 Å². The van der Waals surface area contributed by atoms with Crippen LogP contribution in [-0.4, -0.2) is 41.8 Å². The Labute approximate surface area is 129 Å². The number of aliphatic hydroxyl groups excluding tert-OH is 1. The quantitative estimate of drug-likeness (QED) is 0.918. The largest absolute Gasteiger partial charge is 0.488 e. The first-order chi connectivity index (χ1) is 9.63. The normalized spacial score (nSPS) is 29.3. The zero-order valence-corrected chi connectivity index (χ0v) is 13.5.